The molecule has 1 saturated carbocycles. The molecule has 82 valence electrons. The summed E-state index contributed by atoms with van der Waals surface area (Å²) in [5, 5.41) is 0. The zero-order chi connectivity index (χ0) is 10.6. The van der Waals surface area contributed by atoms with Gasteiger partial charge in [0, 0.05) is 7.11 Å². The van der Waals surface area contributed by atoms with Crippen molar-refractivity contribution >= 4 is 5.91 Å². The molecule has 1 aliphatic carbocycles. The molecule has 1 amide bonds. The lowest BCUT2D eigenvalue weighted by Crippen LogP contribution is -2.41. The Morgan fingerprint density at radius 2 is 2.00 bits per heavy atom. The van der Waals surface area contributed by atoms with Gasteiger partial charge < -0.3 is 10.5 Å². The molecule has 1 atom stereocenters. The summed E-state index contributed by atoms with van der Waals surface area (Å²) in [6.07, 6.45) is 6.49. The molecule has 2 N–H and O–H groups in total. The lowest BCUT2D eigenvalue weighted by Gasteiger charge is -2.38. The maximum Gasteiger partial charge on any atom is 0.220 e. The number of methoxy groups -OCH3 is 1. The van der Waals surface area contributed by atoms with E-state index in [1.165, 1.54) is 19.3 Å². The highest BCUT2D eigenvalue weighted by Crippen LogP contribution is 2.36. The number of primary amides is 1. The summed E-state index contributed by atoms with van der Waals surface area (Å²) in [6, 6.07) is 0. The van der Waals surface area contributed by atoms with Gasteiger partial charge in [0.05, 0.1) is 12.0 Å². The van der Waals surface area contributed by atoms with Gasteiger partial charge in [0.25, 0.3) is 0 Å². The van der Waals surface area contributed by atoms with Crippen LogP contribution in [-0.4, -0.2) is 18.6 Å². The van der Waals surface area contributed by atoms with Crippen LogP contribution in [0.25, 0.3) is 0 Å². The van der Waals surface area contributed by atoms with Crippen molar-refractivity contribution in [3.63, 3.8) is 0 Å². The number of rotatable bonds is 4. The molecule has 1 aliphatic rings. The van der Waals surface area contributed by atoms with E-state index in [0.717, 1.165) is 12.8 Å². The molecule has 1 rings (SSSR count). The van der Waals surface area contributed by atoms with E-state index in [1.54, 1.807) is 7.11 Å². The molecule has 3 nitrogen and oxygen atoms in total. The maximum atomic E-state index is 11.0. The number of amides is 1. The number of nitrogens with two attached hydrogens (primary N) is 1. The molecule has 0 heterocycles. The van der Waals surface area contributed by atoms with E-state index in [4.69, 9.17) is 10.5 Å². The lowest BCUT2D eigenvalue weighted by atomic mass is 9.76. The van der Waals surface area contributed by atoms with Crippen LogP contribution in [0.1, 0.15) is 45.4 Å². The summed E-state index contributed by atoms with van der Waals surface area (Å²) in [6.45, 7) is 2.01. The molecule has 1 unspecified atom stereocenters. The van der Waals surface area contributed by atoms with Crippen LogP contribution in [0.15, 0.2) is 0 Å². The van der Waals surface area contributed by atoms with E-state index >= 15 is 0 Å². The monoisotopic (exact) mass is 199 g/mol. The Bertz CT molecular complexity index is 199. The quantitative estimate of drug-likeness (QED) is 0.751. The van der Waals surface area contributed by atoms with Crippen molar-refractivity contribution < 1.29 is 9.53 Å². The van der Waals surface area contributed by atoms with Crippen LogP contribution in [0.5, 0.6) is 0 Å². The van der Waals surface area contributed by atoms with Crippen LogP contribution >= 0.6 is 0 Å². The van der Waals surface area contributed by atoms with Gasteiger partial charge in [0.1, 0.15) is 0 Å². The average molecular weight is 199 g/mol. The Morgan fingerprint density at radius 1 is 1.43 bits per heavy atom. The van der Waals surface area contributed by atoms with Crippen molar-refractivity contribution in [1.29, 1.82) is 0 Å². The van der Waals surface area contributed by atoms with E-state index in [1.807, 2.05) is 6.92 Å². The first-order valence-corrected chi connectivity index (χ1v) is 5.42. The molecule has 0 saturated heterocycles. The highest BCUT2D eigenvalue weighted by Gasteiger charge is 2.36. The minimum Gasteiger partial charge on any atom is -0.378 e. The van der Waals surface area contributed by atoms with Gasteiger partial charge in [-0.2, -0.15) is 0 Å². The van der Waals surface area contributed by atoms with Gasteiger partial charge in [-0.15, -0.1) is 0 Å². The average Bonchev–Trinajstić information content (AvgIpc) is 2.18. The fourth-order valence-corrected chi connectivity index (χ4v) is 2.44. The standard InChI is InChI=1S/C11H21NO2/c1-11(14-2,8-10(12)13)9-6-4-3-5-7-9/h9H,3-8H2,1-2H3,(H2,12,13). The topological polar surface area (TPSA) is 52.3 Å². The van der Waals surface area contributed by atoms with Gasteiger partial charge in [-0.1, -0.05) is 19.3 Å². The van der Waals surface area contributed by atoms with Crippen LogP contribution in [-0.2, 0) is 9.53 Å². The highest BCUT2D eigenvalue weighted by atomic mass is 16.5. The van der Waals surface area contributed by atoms with Gasteiger partial charge in [-0.3, -0.25) is 4.79 Å². The van der Waals surface area contributed by atoms with E-state index in [0.29, 0.717) is 12.3 Å². The first-order chi connectivity index (χ1) is 6.58. The summed E-state index contributed by atoms with van der Waals surface area (Å²) in [5.41, 5.74) is 4.90. The van der Waals surface area contributed by atoms with E-state index in [-0.39, 0.29) is 11.5 Å². The summed E-state index contributed by atoms with van der Waals surface area (Å²) < 4.78 is 5.49. The number of carbonyl (C=O) groups is 1. The summed E-state index contributed by atoms with van der Waals surface area (Å²) in [4.78, 5) is 11.0. The van der Waals surface area contributed by atoms with Gasteiger partial charge in [-0.25, -0.2) is 0 Å². The van der Waals surface area contributed by atoms with Crippen molar-refractivity contribution in [3.8, 4) is 0 Å². The third kappa shape index (κ3) is 2.71. The Morgan fingerprint density at radius 3 is 2.43 bits per heavy atom. The number of hydrogen-bond acceptors (Lipinski definition) is 2. The van der Waals surface area contributed by atoms with Gasteiger partial charge in [-0.05, 0) is 25.7 Å². The van der Waals surface area contributed by atoms with Crippen molar-refractivity contribution in [2.24, 2.45) is 11.7 Å². The second-order valence-electron chi connectivity index (χ2n) is 4.49. The predicted molar refractivity (Wildman–Crippen MR) is 55.8 cm³/mol. The second kappa shape index (κ2) is 4.78. The zero-order valence-corrected chi connectivity index (χ0v) is 9.21. The highest BCUT2D eigenvalue weighted by molar-refractivity contribution is 5.74. The Kier molecular flexibility index (Phi) is 3.93. The fraction of sp³-hybridized carbons (Fsp3) is 0.909. The van der Waals surface area contributed by atoms with E-state index < -0.39 is 0 Å². The van der Waals surface area contributed by atoms with Gasteiger partial charge >= 0.3 is 0 Å². The molecule has 3 heteroatoms. The number of carbonyl (C=O) groups excluding carboxylic acids is 1. The van der Waals surface area contributed by atoms with Crippen molar-refractivity contribution in [2.45, 2.75) is 51.0 Å². The molecule has 0 spiro atoms. The van der Waals surface area contributed by atoms with Crippen molar-refractivity contribution in [3.05, 3.63) is 0 Å². The number of ether oxygens (including phenoxy) is 1. The summed E-state index contributed by atoms with van der Waals surface area (Å²) >= 11 is 0. The Balaban J connectivity index is 2.61. The molecule has 0 aromatic carbocycles. The summed E-state index contributed by atoms with van der Waals surface area (Å²) in [7, 11) is 1.68. The molecule has 0 bridgehead atoms. The van der Waals surface area contributed by atoms with E-state index in [2.05, 4.69) is 0 Å². The Labute approximate surface area is 86.0 Å². The van der Waals surface area contributed by atoms with Crippen molar-refractivity contribution in [1.82, 2.24) is 0 Å². The van der Waals surface area contributed by atoms with E-state index in [9.17, 15) is 4.79 Å². The lowest BCUT2D eigenvalue weighted by molar-refractivity contribution is -0.128. The largest absolute Gasteiger partial charge is 0.378 e. The van der Waals surface area contributed by atoms with Crippen LogP contribution < -0.4 is 5.73 Å². The SMILES string of the molecule is COC(C)(CC(N)=O)C1CCCCC1. The molecular weight excluding hydrogens is 178 g/mol. The Hall–Kier alpha value is -0.570. The van der Waals surface area contributed by atoms with Gasteiger partial charge in [0.15, 0.2) is 0 Å². The van der Waals surface area contributed by atoms with Crippen LogP contribution in [0.4, 0.5) is 0 Å². The van der Waals surface area contributed by atoms with Crippen molar-refractivity contribution in [2.75, 3.05) is 7.11 Å². The first-order valence-electron chi connectivity index (χ1n) is 5.42. The predicted octanol–water partition coefficient (Wildman–Crippen LogP) is 1.85. The normalized spacial score (nSPS) is 23.0. The van der Waals surface area contributed by atoms with Crippen LogP contribution in [0, 0.1) is 5.92 Å². The minimum atomic E-state index is -0.341. The minimum absolute atomic E-state index is 0.264. The fourth-order valence-electron chi connectivity index (χ4n) is 2.44. The van der Waals surface area contributed by atoms with Crippen LogP contribution in [0.3, 0.4) is 0 Å². The molecular formula is C11H21NO2. The molecule has 0 aliphatic heterocycles. The number of hydrogen-bond donors (Lipinski definition) is 1. The zero-order valence-electron chi connectivity index (χ0n) is 9.21. The molecule has 0 aromatic rings. The molecule has 1 fully saturated rings. The third-order valence-electron chi connectivity index (χ3n) is 3.46. The molecule has 0 aromatic heterocycles. The first kappa shape index (κ1) is 11.5. The second-order valence-corrected chi connectivity index (χ2v) is 4.49. The van der Waals surface area contributed by atoms with Crippen LogP contribution in [0.2, 0.25) is 0 Å². The van der Waals surface area contributed by atoms with Gasteiger partial charge in [0.2, 0.25) is 5.91 Å². The smallest absolute Gasteiger partial charge is 0.220 e. The molecule has 0 radical (unpaired) electrons. The maximum absolute atomic E-state index is 11.0. The third-order valence-corrected chi connectivity index (χ3v) is 3.46. The summed E-state index contributed by atoms with van der Waals surface area (Å²) in [5.74, 6) is 0.230. The molecule has 14 heavy (non-hydrogen) atoms.